The monoisotopic (exact) mass is 407 g/mol. The number of tetrazole rings is 1. The van der Waals surface area contributed by atoms with Crippen molar-refractivity contribution in [3.8, 4) is 10.7 Å². The van der Waals surface area contributed by atoms with Crippen LogP contribution in [0.2, 0.25) is 0 Å². The first-order chi connectivity index (χ1) is 14.1. The van der Waals surface area contributed by atoms with Gasteiger partial charge in [0.05, 0.1) is 17.1 Å². The molecule has 4 rings (SSSR count). The molecular formula is C20H21N7OS. The maximum Gasteiger partial charge on any atom is 0.243 e. The second-order valence-corrected chi connectivity index (χ2v) is 7.64. The zero-order chi connectivity index (χ0) is 20.2. The molecule has 4 aromatic rings. The van der Waals surface area contributed by atoms with E-state index in [4.69, 9.17) is 0 Å². The lowest BCUT2D eigenvalue weighted by molar-refractivity contribution is -0.122. The van der Waals surface area contributed by atoms with E-state index >= 15 is 0 Å². The van der Waals surface area contributed by atoms with Crippen LogP contribution in [0.25, 0.3) is 10.7 Å². The van der Waals surface area contributed by atoms with Gasteiger partial charge in [0.2, 0.25) is 11.7 Å². The number of carbonyl (C=O) groups is 1. The minimum Gasteiger partial charge on any atom is -0.350 e. The molecule has 0 aliphatic heterocycles. The molecule has 9 heteroatoms. The number of nitrogens with one attached hydrogen (secondary N) is 1. The molecule has 148 valence electrons. The maximum atomic E-state index is 12.3. The number of carbonyl (C=O) groups excluding carboxylic acids is 1. The fraction of sp³-hybridized carbons (Fsp3) is 0.250. The fourth-order valence-corrected chi connectivity index (χ4v) is 3.73. The van der Waals surface area contributed by atoms with Crippen molar-refractivity contribution >= 4 is 17.2 Å². The zero-order valence-corrected chi connectivity index (χ0v) is 17.1. The smallest absolute Gasteiger partial charge is 0.243 e. The predicted octanol–water partition coefficient (Wildman–Crippen LogP) is 2.58. The van der Waals surface area contributed by atoms with Crippen molar-refractivity contribution in [2.75, 3.05) is 0 Å². The van der Waals surface area contributed by atoms with E-state index in [1.807, 2.05) is 54.2 Å². The van der Waals surface area contributed by atoms with Gasteiger partial charge < -0.3 is 5.32 Å². The topological polar surface area (TPSA) is 90.5 Å². The van der Waals surface area contributed by atoms with Crippen LogP contribution >= 0.6 is 11.3 Å². The van der Waals surface area contributed by atoms with Crippen molar-refractivity contribution in [2.45, 2.75) is 33.5 Å². The van der Waals surface area contributed by atoms with Gasteiger partial charge in [-0.3, -0.25) is 9.48 Å². The molecule has 0 radical (unpaired) electrons. The number of aromatic nitrogens is 6. The summed E-state index contributed by atoms with van der Waals surface area (Å²) in [6, 6.07) is 14.0. The van der Waals surface area contributed by atoms with Gasteiger partial charge in [-0.25, -0.2) is 0 Å². The van der Waals surface area contributed by atoms with Gasteiger partial charge in [0.1, 0.15) is 6.54 Å². The van der Waals surface area contributed by atoms with Gasteiger partial charge in [-0.2, -0.15) is 9.90 Å². The highest BCUT2D eigenvalue weighted by molar-refractivity contribution is 7.13. The molecule has 0 aliphatic rings. The summed E-state index contributed by atoms with van der Waals surface area (Å²) in [7, 11) is 0. The third-order valence-electron chi connectivity index (χ3n) is 4.65. The molecule has 0 atom stereocenters. The molecule has 1 amide bonds. The number of amides is 1. The van der Waals surface area contributed by atoms with Crippen molar-refractivity contribution in [3.63, 3.8) is 0 Å². The molecule has 0 spiro atoms. The van der Waals surface area contributed by atoms with Crippen LogP contribution in [-0.2, 0) is 24.4 Å². The van der Waals surface area contributed by atoms with E-state index in [1.165, 1.54) is 21.7 Å². The van der Waals surface area contributed by atoms with Crippen molar-refractivity contribution < 1.29 is 4.79 Å². The van der Waals surface area contributed by atoms with Crippen molar-refractivity contribution in [1.82, 2.24) is 35.3 Å². The molecule has 8 nitrogen and oxygen atoms in total. The molecule has 3 heterocycles. The number of nitrogens with zero attached hydrogens (tertiary/aromatic N) is 6. The molecule has 0 saturated heterocycles. The molecular weight excluding hydrogens is 386 g/mol. The summed E-state index contributed by atoms with van der Waals surface area (Å²) < 4.78 is 1.97. The maximum absolute atomic E-state index is 12.3. The molecule has 0 saturated carbocycles. The van der Waals surface area contributed by atoms with Crippen LogP contribution in [0.3, 0.4) is 0 Å². The van der Waals surface area contributed by atoms with Gasteiger partial charge in [0.15, 0.2) is 0 Å². The molecule has 0 aliphatic carbocycles. The van der Waals surface area contributed by atoms with Gasteiger partial charge in [-0.15, -0.1) is 21.5 Å². The summed E-state index contributed by atoms with van der Waals surface area (Å²) in [5, 5.41) is 21.7. The summed E-state index contributed by atoms with van der Waals surface area (Å²) in [5.74, 6) is 0.358. The number of hydrogen-bond donors (Lipinski definition) is 1. The van der Waals surface area contributed by atoms with Gasteiger partial charge in [0.25, 0.3) is 0 Å². The second-order valence-electron chi connectivity index (χ2n) is 6.69. The van der Waals surface area contributed by atoms with Crippen LogP contribution in [0.1, 0.15) is 22.5 Å². The minimum atomic E-state index is -0.172. The van der Waals surface area contributed by atoms with Crippen LogP contribution in [0, 0.1) is 13.8 Å². The van der Waals surface area contributed by atoms with Gasteiger partial charge >= 0.3 is 0 Å². The average Bonchev–Trinajstić information content (AvgIpc) is 3.44. The summed E-state index contributed by atoms with van der Waals surface area (Å²) >= 11 is 1.53. The van der Waals surface area contributed by atoms with E-state index in [9.17, 15) is 4.79 Å². The summed E-state index contributed by atoms with van der Waals surface area (Å²) in [6.07, 6.45) is 0. The molecule has 0 bridgehead atoms. The summed E-state index contributed by atoms with van der Waals surface area (Å²) in [4.78, 5) is 14.6. The molecule has 0 fully saturated rings. The summed E-state index contributed by atoms with van der Waals surface area (Å²) in [5.41, 5.74) is 4.18. The predicted molar refractivity (Wildman–Crippen MR) is 110 cm³/mol. The Morgan fingerprint density at radius 2 is 1.93 bits per heavy atom. The highest BCUT2D eigenvalue weighted by Gasteiger charge is 2.14. The third kappa shape index (κ3) is 4.40. The van der Waals surface area contributed by atoms with Gasteiger partial charge in [-0.05, 0) is 36.1 Å². The lowest BCUT2D eigenvalue weighted by Crippen LogP contribution is -2.28. The normalized spacial score (nSPS) is 11.0. The Kier molecular flexibility index (Phi) is 5.48. The minimum absolute atomic E-state index is 0.0224. The van der Waals surface area contributed by atoms with Crippen LogP contribution < -0.4 is 5.32 Å². The lowest BCUT2D eigenvalue weighted by Gasteiger charge is -2.07. The van der Waals surface area contributed by atoms with Crippen molar-refractivity contribution in [2.24, 2.45) is 0 Å². The Morgan fingerprint density at radius 1 is 1.10 bits per heavy atom. The third-order valence-corrected chi connectivity index (χ3v) is 5.51. The first-order valence-corrected chi connectivity index (χ1v) is 10.1. The largest absolute Gasteiger partial charge is 0.350 e. The highest BCUT2D eigenvalue weighted by atomic mass is 32.1. The number of benzene rings is 1. The molecule has 0 unspecified atom stereocenters. The molecule has 29 heavy (non-hydrogen) atoms. The lowest BCUT2D eigenvalue weighted by atomic mass is 10.2. The van der Waals surface area contributed by atoms with Crippen molar-refractivity contribution in [3.05, 3.63) is 70.4 Å². The Morgan fingerprint density at radius 3 is 2.69 bits per heavy atom. The van der Waals surface area contributed by atoms with Crippen molar-refractivity contribution in [1.29, 1.82) is 0 Å². The van der Waals surface area contributed by atoms with Crippen LogP contribution in [-0.4, -0.2) is 35.9 Å². The Balaban J connectivity index is 1.37. The second kappa shape index (κ2) is 8.36. The average molecular weight is 408 g/mol. The Hall–Kier alpha value is -3.33. The number of aryl methyl sites for hydroxylation is 1. The highest BCUT2D eigenvalue weighted by Crippen LogP contribution is 2.19. The Labute approximate surface area is 172 Å². The van der Waals surface area contributed by atoms with E-state index in [2.05, 4.69) is 38.0 Å². The summed E-state index contributed by atoms with van der Waals surface area (Å²) in [6.45, 7) is 5.13. The van der Waals surface area contributed by atoms with E-state index in [0.717, 1.165) is 21.8 Å². The number of thiophene rings is 1. The van der Waals surface area contributed by atoms with Crippen LogP contribution in [0.4, 0.5) is 0 Å². The number of hydrogen-bond acceptors (Lipinski definition) is 6. The molecule has 1 aromatic carbocycles. The standard InChI is InChI=1S/C20H21N7OS/c1-14-17(15(2)26(23-14)12-16-7-4-3-5-8-16)11-21-19(28)13-27-24-20(22-25-27)18-9-6-10-29-18/h3-10H,11-13H2,1-2H3,(H,21,28). The van der Waals surface area contributed by atoms with E-state index in [0.29, 0.717) is 18.9 Å². The van der Waals surface area contributed by atoms with E-state index < -0.39 is 0 Å². The van der Waals surface area contributed by atoms with E-state index in [-0.39, 0.29) is 12.5 Å². The number of rotatable bonds is 7. The molecule has 3 aromatic heterocycles. The van der Waals surface area contributed by atoms with Crippen LogP contribution in [0.5, 0.6) is 0 Å². The first kappa shape index (κ1) is 19.0. The first-order valence-electron chi connectivity index (χ1n) is 9.25. The fourth-order valence-electron chi connectivity index (χ4n) is 3.09. The molecule has 1 N–H and O–H groups in total. The Bertz CT molecular complexity index is 1100. The quantitative estimate of drug-likeness (QED) is 0.508. The van der Waals surface area contributed by atoms with E-state index in [1.54, 1.807) is 0 Å². The SMILES string of the molecule is Cc1nn(Cc2ccccc2)c(C)c1CNC(=O)Cn1nnc(-c2cccs2)n1. The van der Waals surface area contributed by atoms with Gasteiger partial charge in [0, 0.05) is 17.8 Å². The zero-order valence-electron chi connectivity index (χ0n) is 16.2. The van der Waals surface area contributed by atoms with Crippen LogP contribution in [0.15, 0.2) is 47.8 Å². The van der Waals surface area contributed by atoms with Gasteiger partial charge in [-0.1, -0.05) is 36.4 Å².